The Labute approximate surface area is 106 Å². The molecule has 0 saturated carbocycles. The van der Waals surface area contributed by atoms with Crippen molar-refractivity contribution in [3.05, 3.63) is 28.1 Å². The summed E-state index contributed by atoms with van der Waals surface area (Å²) < 4.78 is 114. The first-order valence-corrected chi connectivity index (χ1v) is 4.90. The predicted octanol–water partition coefficient (Wildman–Crippen LogP) is 4.75. The van der Waals surface area contributed by atoms with E-state index < -0.39 is 46.6 Å². The average molecular weight is 311 g/mol. The van der Waals surface area contributed by atoms with Crippen molar-refractivity contribution < 1.29 is 39.5 Å². The molecule has 0 aliphatic heterocycles. The van der Waals surface area contributed by atoms with E-state index in [9.17, 15) is 39.5 Å². The molecule has 20 heavy (non-hydrogen) atoms. The van der Waals surface area contributed by atoms with Crippen LogP contribution in [0.2, 0.25) is 0 Å². The summed E-state index contributed by atoms with van der Waals surface area (Å²) in [5, 5.41) is 0. The summed E-state index contributed by atoms with van der Waals surface area (Å²) in [4.78, 5) is 2.94. The van der Waals surface area contributed by atoms with Crippen LogP contribution in [0.1, 0.15) is 28.1 Å². The minimum atomic E-state index is -5.81. The van der Waals surface area contributed by atoms with Gasteiger partial charge in [0.1, 0.15) is 0 Å². The summed E-state index contributed by atoms with van der Waals surface area (Å²) in [6.45, 7) is 1.15. The standard InChI is InChI=1S/C10H6F9N/c1-3-5(8(11,12)13)7(10(17,18)19)6(4(2)20-3)9(14,15)16/h1-2H3. The normalized spacial score (nSPS) is 13.8. The Morgan fingerprint density at radius 2 is 0.800 bits per heavy atom. The smallest absolute Gasteiger partial charge is 0.257 e. The van der Waals surface area contributed by atoms with Crippen LogP contribution in [0.3, 0.4) is 0 Å². The molecular formula is C10H6F9N. The van der Waals surface area contributed by atoms with Crippen LogP contribution in [-0.2, 0) is 18.5 Å². The summed E-state index contributed by atoms with van der Waals surface area (Å²) in [5.74, 6) is 0. The fourth-order valence-electron chi connectivity index (χ4n) is 1.83. The zero-order valence-electron chi connectivity index (χ0n) is 9.85. The second-order valence-electron chi connectivity index (χ2n) is 3.90. The summed E-state index contributed by atoms with van der Waals surface area (Å²) >= 11 is 0. The molecule has 1 nitrogen and oxygen atoms in total. The van der Waals surface area contributed by atoms with Crippen molar-refractivity contribution in [2.45, 2.75) is 32.4 Å². The van der Waals surface area contributed by atoms with E-state index in [-0.39, 0.29) is 0 Å². The summed E-state index contributed by atoms with van der Waals surface area (Å²) in [6.07, 6.45) is -17.0. The van der Waals surface area contributed by atoms with Gasteiger partial charge in [-0.1, -0.05) is 0 Å². The monoisotopic (exact) mass is 311 g/mol. The topological polar surface area (TPSA) is 12.9 Å². The van der Waals surface area contributed by atoms with E-state index in [1.807, 2.05) is 0 Å². The van der Waals surface area contributed by atoms with Crippen molar-refractivity contribution in [1.82, 2.24) is 4.98 Å². The molecule has 10 heteroatoms. The van der Waals surface area contributed by atoms with Crippen LogP contribution in [-0.4, -0.2) is 4.98 Å². The van der Waals surface area contributed by atoms with Crippen LogP contribution in [0.4, 0.5) is 39.5 Å². The third-order valence-electron chi connectivity index (χ3n) is 2.41. The van der Waals surface area contributed by atoms with Gasteiger partial charge in [0, 0.05) is 0 Å². The summed E-state index contributed by atoms with van der Waals surface area (Å²) in [7, 11) is 0. The quantitative estimate of drug-likeness (QED) is 0.630. The van der Waals surface area contributed by atoms with Crippen molar-refractivity contribution in [2.24, 2.45) is 0 Å². The van der Waals surface area contributed by atoms with Crippen LogP contribution in [0.15, 0.2) is 0 Å². The van der Waals surface area contributed by atoms with Crippen molar-refractivity contribution in [3.8, 4) is 0 Å². The SMILES string of the molecule is Cc1nc(C)c(C(F)(F)F)c(C(F)(F)F)c1C(F)(F)F. The minimum Gasteiger partial charge on any atom is -0.257 e. The Hall–Kier alpha value is -1.48. The highest BCUT2D eigenvalue weighted by atomic mass is 19.4. The first-order valence-electron chi connectivity index (χ1n) is 4.90. The molecular weight excluding hydrogens is 305 g/mol. The van der Waals surface area contributed by atoms with E-state index in [0.29, 0.717) is 13.8 Å². The lowest BCUT2D eigenvalue weighted by molar-refractivity contribution is -0.175. The molecule has 0 saturated heterocycles. The van der Waals surface area contributed by atoms with E-state index in [0.717, 1.165) is 0 Å². The molecule has 1 heterocycles. The Bertz CT molecular complexity index is 483. The first-order chi connectivity index (χ1) is 8.67. The summed E-state index contributed by atoms with van der Waals surface area (Å²) in [6, 6.07) is 0. The van der Waals surface area contributed by atoms with Crippen LogP contribution in [0.25, 0.3) is 0 Å². The number of nitrogens with zero attached hydrogens (tertiary/aromatic N) is 1. The number of hydrogen-bond acceptors (Lipinski definition) is 1. The Morgan fingerprint density at radius 1 is 0.550 bits per heavy atom. The number of pyridine rings is 1. The van der Waals surface area contributed by atoms with Gasteiger partial charge >= 0.3 is 18.5 Å². The molecule has 0 aliphatic carbocycles. The van der Waals surface area contributed by atoms with Crippen molar-refractivity contribution >= 4 is 0 Å². The molecule has 0 N–H and O–H groups in total. The van der Waals surface area contributed by atoms with Crippen LogP contribution in [0, 0.1) is 13.8 Å². The lowest BCUT2D eigenvalue weighted by Gasteiger charge is -2.23. The van der Waals surface area contributed by atoms with Gasteiger partial charge in [-0.3, -0.25) is 4.98 Å². The van der Waals surface area contributed by atoms with Gasteiger partial charge in [0.25, 0.3) is 0 Å². The highest BCUT2D eigenvalue weighted by Gasteiger charge is 2.52. The minimum absolute atomic E-state index is 0.575. The van der Waals surface area contributed by atoms with Crippen LogP contribution < -0.4 is 0 Å². The second-order valence-corrected chi connectivity index (χ2v) is 3.90. The molecule has 0 bridgehead atoms. The number of hydrogen-bond donors (Lipinski definition) is 0. The number of alkyl halides is 9. The average Bonchev–Trinajstić information content (AvgIpc) is 2.09. The molecule has 114 valence electrons. The first kappa shape index (κ1) is 16.6. The molecule has 0 aromatic carbocycles. The Morgan fingerprint density at radius 3 is 1.00 bits per heavy atom. The molecule has 1 rings (SSSR count). The van der Waals surface area contributed by atoms with Gasteiger partial charge in [0.15, 0.2) is 0 Å². The van der Waals surface area contributed by atoms with E-state index in [4.69, 9.17) is 0 Å². The van der Waals surface area contributed by atoms with Gasteiger partial charge in [-0.15, -0.1) is 0 Å². The largest absolute Gasteiger partial charge is 0.418 e. The van der Waals surface area contributed by atoms with Crippen LogP contribution >= 0.6 is 0 Å². The second kappa shape index (κ2) is 4.52. The molecule has 1 aromatic rings. The molecule has 1 aromatic heterocycles. The third kappa shape index (κ3) is 2.98. The maximum Gasteiger partial charge on any atom is 0.418 e. The number of aromatic nitrogens is 1. The summed E-state index contributed by atoms with van der Waals surface area (Å²) in [5.41, 5.74) is -9.89. The maximum atomic E-state index is 12.7. The lowest BCUT2D eigenvalue weighted by Crippen LogP contribution is -2.26. The Balaban J connectivity index is 3.97. The van der Waals surface area contributed by atoms with Gasteiger partial charge in [0.2, 0.25) is 0 Å². The van der Waals surface area contributed by atoms with Gasteiger partial charge in [-0.2, -0.15) is 39.5 Å². The molecule has 0 atom stereocenters. The fourth-order valence-corrected chi connectivity index (χ4v) is 1.83. The lowest BCUT2D eigenvalue weighted by atomic mass is 9.97. The van der Waals surface area contributed by atoms with Crippen LogP contribution in [0.5, 0.6) is 0 Å². The van der Waals surface area contributed by atoms with Gasteiger partial charge in [-0.25, -0.2) is 0 Å². The highest BCUT2D eigenvalue weighted by molar-refractivity contribution is 5.45. The van der Waals surface area contributed by atoms with Crippen molar-refractivity contribution in [1.29, 1.82) is 0 Å². The van der Waals surface area contributed by atoms with E-state index >= 15 is 0 Å². The molecule has 0 radical (unpaired) electrons. The number of rotatable bonds is 0. The Kier molecular flexibility index (Phi) is 3.75. The molecule has 0 unspecified atom stereocenters. The zero-order chi connectivity index (χ0) is 16.1. The van der Waals surface area contributed by atoms with Gasteiger partial charge < -0.3 is 0 Å². The van der Waals surface area contributed by atoms with E-state index in [1.54, 1.807) is 0 Å². The van der Waals surface area contributed by atoms with Crippen molar-refractivity contribution in [3.63, 3.8) is 0 Å². The fraction of sp³-hybridized carbons (Fsp3) is 0.500. The number of aryl methyl sites for hydroxylation is 2. The van der Waals surface area contributed by atoms with Gasteiger partial charge in [0.05, 0.1) is 28.1 Å². The molecule has 0 amide bonds. The van der Waals surface area contributed by atoms with E-state index in [1.165, 1.54) is 0 Å². The highest BCUT2D eigenvalue weighted by Crippen LogP contribution is 2.48. The molecule has 0 spiro atoms. The third-order valence-corrected chi connectivity index (χ3v) is 2.41. The molecule has 0 aliphatic rings. The zero-order valence-corrected chi connectivity index (χ0v) is 9.85. The predicted molar refractivity (Wildman–Crippen MR) is 48.7 cm³/mol. The van der Waals surface area contributed by atoms with Crippen molar-refractivity contribution in [2.75, 3.05) is 0 Å². The number of halogens is 9. The molecule has 0 fully saturated rings. The van der Waals surface area contributed by atoms with Gasteiger partial charge in [-0.05, 0) is 13.8 Å². The van der Waals surface area contributed by atoms with E-state index in [2.05, 4.69) is 4.98 Å². The maximum absolute atomic E-state index is 12.7.